The fourth-order valence-corrected chi connectivity index (χ4v) is 1.32. The van der Waals surface area contributed by atoms with Crippen LogP contribution in [0.3, 0.4) is 0 Å². The molecule has 0 radical (unpaired) electrons. The summed E-state index contributed by atoms with van der Waals surface area (Å²) in [5.74, 6) is 0.618. The van der Waals surface area contributed by atoms with Crippen LogP contribution in [-0.4, -0.2) is 11.2 Å². The highest BCUT2D eigenvalue weighted by Gasteiger charge is 2.24. The van der Waals surface area contributed by atoms with Crippen molar-refractivity contribution in [2.75, 3.05) is 0 Å². The SMILES string of the molecule is OCc1ccc(OC2CC2)c(CF)c1. The van der Waals surface area contributed by atoms with E-state index in [1.165, 1.54) is 0 Å². The van der Waals surface area contributed by atoms with Gasteiger partial charge in [-0.2, -0.15) is 0 Å². The highest BCUT2D eigenvalue weighted by Crippen LogP contribution is 2.30. The van der Waals surface area contributed by atoms with Crippen LogP contribution in [0.4, 0.5) is 4.39 Å². The molecule has 1 aromatic rings. The number of rotatable bonds is 4. The summed E-state index contributed by atoms with van der Waals surface area (Å²) in [6, 6.07) is 5.15. The molecule has 0 saturated heterocycles. The van der Waals surface area contributed by atoms with Gasteiger partial charge in [-0.25, -0.2) is 4.39 Å². The number of hydrogen-bond acceptors (Lipinski definition) is 2. The molecule has 0 atom stereocenters. The Morgan fingerprint density at radius 3 is 2.79 bits per heavy atom. The summed E-state index contributed by atoms with van der Waals surface area (Å²) in [7, 11) is 0. The highest BCUT2D eigenvalue weighted by molar-refractivity contribution is 5.37. The molecule has 1 aromatic carbocycles. The van der Waals surface area contributed by atoms with E-state index in [0.717, 1.165) is 18.4 Å². The van der Waals surface area contributed by atoms with Crippen LogP contribution in [0, 0.1) is 0 Å². The predicted octanol–water partition coefficient (Wildman–Crippen LogP) is 2.19. The van der Waals surface area contributed by atoms with E-state index in [1.807, 2.05) is 0 Å². The van der Waals surface area contributed by atoms with Crippen molar-refractivity contribution in [1.82, 2.24) is 0 Å². The second-order valence-electron chi connectivity index (χ2n) is 3.55. The lowest BCUT2D eigenvalue weighted by molar-refractivity contribution is 0.279. The van der Waals surface area contributed by atoms with Gasteiger partial charge in [-0.3, -0.25) is 0 Å². The third-order valence-corrected chi connectivity index (χ3v) is 2.27. The molecule has 0 heterocycles. The summed E-state index contributed by atoms with van der Waals surface area (Å²) in [5, 5.41) is 8.88. The topological polar surface area (TPSA) is 29.5 Å². The molecule has 0 amide bonds. The molecule has 0 aliphatic heterocycles. The number of alkyl halides is 1. The molecule has 0 bridgehead atoms. The monoisotopic (exact) mass is 196 g/mol. The molecule has 2 nitrogen and oxygen atoms in total. The molecule has 14 heavy (non-hydrogen) atoms. The van der Waals surface area contributed by atoms with E-state index in [-0.39, 0.29) is 12.7 Å². The predicted molar refractivity (Wildman–Crippen MR) is 50.8 cm³/mol. The van der Waals surface area contributed by atoms with Crippen molar-refractivity contribution in [2.24, 2.45) is 0 Å². The first-order valence-electron chi connectivity index (χ1n) is 4.78. The summed E-state index contributed by atoms with van der Waals surface area (Å²) in [6.07, 6.45) is 2.40. The molecular weight excluding hydrogens is 183 g/mol. The number of benzene rings is 1. The Labute approximate surface area is 82.3 Å². The number of aliphatic hydroxyl groups excluding tert-OH is 1. The van der Waals surface area contributed by atoms with E-state index < -0.39 is 6.67 Å². The first-order valence-corrected chi connectivity index (χ1v) is 4.78. The van der Waals surface area contributed by atoms with Crippen molar-refractivity contribution in [3.05, 3.63) is 29.3 Å². The van der Waals surface area contributed by atoms with Gasteiger partial charge in [0.15, 0.2) is 0 Å². The van der Waals surface area contributed by atoms with Crippen LogP contribution in [-0.2, 0) is 13.3 Å². The zero-order valence-corrected chi connectivity index (χ0v) is 7.87. The largest absolute Gasteiger partial charge is 0.490 e. The van der Waals surface area contributed by atoms with Crippen molar-refractivity contribution in [3.63, 3.8) is 0 Å². The highest BCUT2D eigenvalue weighted by atomic mass is 19.1. The maximum absolute atomic E-state index is 12.6. The molecule has 3 heteroatoms. The summed E-state index contributed by atoms with van der Waals surface area (Å²) >= 11 is 0. The Morgan fingerprint density at radius 2 is 2.21 bits per heavy atom. The molecule has 76 valence electrons. The lowest BCUT2D eigenvalue weighted by Crippen LogP contribution is -1.99. The van der Waals surface area contributed by atoms with Crippen LogP contribution in [0.5, 0.6) is 5.75 Å². The quantitative estimate of drug-likeness (QED) is 0.799. The Kier molecular flexibility index (Phi) is 2.68. The molecule has 1 aliphatic carbocycles. The Balaban J connectivity index is 2.19. The van der Waals surface area contributed by atoms with Crippen LogP contribution >= 0.6 is 0 Å². The average molecular weight is 196 g/mol. The number of aliphatic hydroxyl groups is 1. The van der Waals surface area contributed by atoms with Gasteiger partial charge in [0.1, 0.15) is 12.4 Å². The van der Waals surface area contributed by atoms with Gasteiger partial charge in [-0.05, 0) is 30.5 Å². The fourth-order valence-electron chi connectivity index (χ4n) is 1.32. The molecule has 0 spiro atoms. The van der Waals surface area contributed by atoms with E-state index in [4.69, 9.17) is 9.84 Å². The standard InChI is InChI=1S/C11H13FO2/c12-6-9-5-8(7-13)1-4-11(9)14-10-2-3-10/h1,4-5,10,13H,2-3,6-7H2. The van der Waals surface area contributed by atoms with E-state index in [0.29, 0.717) is 11.3 Å². The van der Waals surface area contributed by atoms with Crippen LogP contribution < -0.4 is 4.74 Å². The summed E-state index contributed by atoms with van der Waals surface area (Å²) < 4.78 is 18.1. The molecule has 0 unspecified atom stereocenters. The summed E-state index contributed by atoms with van der Waals surface area (Å²) in [5.41, 5.74) is 1.25. The van der Waals surface area contributed by atoms with Crippen molar-refractivity contribution in [2.45, 2.75) is 32.2 Å². The minimum Gasteiger partial charge on any atom is -0.490 e. The molecule has 1 fully saturated rings. The zero-order chi connectivity index (χ0) is 9.97. The summed E-state index contributed by atoms with van der Waals surface area (Å²) in [4.78, 5) is 0. The van der Waals surface area contributed by atoms with Gasteiger partial charge in [0.05, 0.1) is 12.7 Å². The minimum atomic E-state index is -0.546. The van der Waals surface area contributed by atoms with Gasteiger partial charge in [-0.1, -0.05) is 6.07 Å². The molecule has 1 aliphatic rings. The van der Waals surface area contributed by atoms with Crippen molar-refractivity contribution >= 4 is 0 Å². The van der Waals surface area contributed by atoms with Gasteiger partial charge >= 0.3 is 0 Å². The normalized spacial score (nSPS) is 15.6. The van der Waals surface area contributed by atoms with Crippen molar-refractivity contribution in [3.8, 4) is 5.75 Å². The maximum atomic E-state index is 12.6. The van der Waals surface area contributed by atoms with Crippen LogP contribution in [0.2, 0.25) is 0 Å². The van der Waals surface area contributed by atoms with Gasteiger partial charge in [0.2, 0.25) is 0 Å². The van der Waals surface area contributed by atoms with Crippen LogP contribution in [0.15, 0.2) is 18.2 Å². The number of hydrogen-bond donors (Lipinski definition) is 1. The molecule has 0 aromatic heterocycles. The second-order valence-corrected chi connectivity index (χ2v) is 3.55. The summed E-state index contributed by atoms with van der Waals surface area (Å²) in [6.45, 7) is -0.605. The third-order valence-electron chi connectivity index (χ3n) is 2.27. The first-order chi connectivity index (χ1) is 6.83. The van der Waals surface area contributed by atoms with E-state index in [1.54, 1.807) is 18.2 Å². The molecule has 2 rings (SSSR count). The van der Waals surface area contributed by atoms with Crippen LogP contribution in [0.1, 0.15) is 24.0 Å². The Bertz CT molecular complexity index is 321. The van der Waals surface area contributed by atoms with E-state index in [2.05, 4.69) is 0 Å². The molecular formula is C11H13FO2. The van der Waals surface area contributed by atoms with Gasteiger partial charge in [0, 0.05) is 5.56 Å². The zero-order valence-electron chi connectivity index (χ0n) is 7.87. The lowest BCUT2D eigenvalue weighted by atomic mass is 10.1. The van der Waals surface area contributed by atoms with E-state index >= 15 is 0 Å². The number of halogens is 1. The van der Waals surface area contributed by atoms with Gasteiger partial charge < -0.3 is 9.84 Å². The fraction of sp³-hybridized carbons (Fsp3) is 0.455. The third kappa shape index (κ3) is 2.04. The molecule has 1 saturated carbocycles. The minimum absolute atomic E-state index is 0.0588. The lowest BCUT2D eigenvalue weighted by Gasteiger charge is -2.09. The van der Waals surface area contributed by atoms with Gasteiger partial charge in [-0.15, -0.1) is 0 Å². The van der Waals surface area contributed by atoms with Crippen molar-refractivity contribution < 1.29 is 14.2 Å². The number of ether oxygens (including phenoxy) is 1. The molecule has 1 N–H and O–H groups in total. The van der Waals surface area contributed by atoms with Gasteiger partial charge in [0.25, 0.3) is 0 Å². The Hall–Kier alpha value is -1.09. The van der Waals surface area contributed by atoms with Crippen molar-refractivity contribution in [1.29, 1.82) is 0 Å². The average Bonchev–Trinajstić information content (AvgIpc) is 3.02. The second kappa shape index (κ2) is 3.96. The van der Waals surface area contributed by atoms with E-state index in [9.17, 15) is 4.39 Å². The Morgan fingerprint density at radius 1 is 1.43 bits per heavy atom. The smallest absolute Gasteiger partial charge is 0.125 e. The first kappa shape index (κ1) is 9.46. The van der Waals surface area contributed by atoms with Crippen LogP contribution in [0.25, 0.3) is 0 Å². The maximum Gasteiger partial charge on any atom is 0.125 e.